The standard InChI is InChI=1S/C25H42N4O2/c1-5-26-25(28(4)13-10-22-11-14-30-15-12-22)27-16-23-8-6-7-9-24(23)19-29-17-20(2)31-21(3)18-29/h6-9,20-22H,5,10-19H2,1-4H3,(H,26,27). The molecule has 6 nitrogen and oxygen atoms in total. The summed E-state index contributed by atoms with van der Waals surface area (Å²) in [5.74, 6) is 1.77. The number of hydrogen-bond donors (Lipinski definition) is 1. The van der Waals surface area contributed by atoms with Crippen molar-refractivity contribution in [3.8, 4) is 0 Å². The molecule has 6 heteroatoms. The number of hydrogen-bond acceptors (Lipinski definition) is 4. The Kier molecular flexibility index (Phi) is 9.62. The van der Waals surface area contributed by atoms with E-state index in [4.69, 9.17) is 14.5 Å². The number of rotatable bonds is 8. The second kappa shape index (κ2) is 12.4. The molecule has 2 aliphatic rings. The molecule has 1 aromatic rings. The minimum atomic E-state index is 0.290. The van der Waals surface area contributed by atoms with Crippen LogP contribution in [0.5, 0.6) is 0 Å². The maximum Gasteiger partial charge on any atom is 0.193 e. The van der Waals surface area contributed by atoms with E-state index < -0.39 is 0 Å². The second-order valence-corrected chi connectivity index (χ2v) is 9.16. The van der Waals surface area contributed by atoms with Gasteiger partial charge in [0.2, 0.25) is 0 Å². The van der Waals surface area contributed by atoms with Crippen molar-refractivity contribution in [1.82, 2.24) is 15.1 Å². The lowest BCUT2D eigenvalue weighted by molar-refractivity contribution is -0.0705. The molecule has 2 saturated heterocycles. The first-order valence-corrected chi connectivity index (χ1v) is 12.1. The van der Waals surface area contributed by atoms with Gasteiger partial charge in [0.1, 0.15) is 0 Å². The third-order valence-corrected chi connectivity index (χ3v) is 6.32. The van der Waals surface area contributed by atoms with Gasteiger partial charge in [-0.3, -0.25) is 4.90 Å². The van der Waals surface area contributed by atoms with Gasteiger partial charge in [-0.2, -0.15) is 0 Å². The highest BCUT2D eigenvalue weighted by molar-refractivity contribution is 5.79. The summed E-state index contributed by atoms with van der Waals surface area (Å²) in [7, 11) is 2.16. The zero-order chi connectivity index (χ0) is 22.1. The van der Waals surface area contributed by atoms with Crippen LogP contribution in [0.4, 0.5) is 0 Å². The van der Waals surface area contributed by atoms with Crippen LogP contribution in [0.3, 0.4) is 0 Å². The van der Waals surface area contributed by atoms with Crippen LogP contribution in [-0.4, -0.2) is 74.4 Å². The lowest BCUT2D eigenvalue weighted by atomic mass is 9.96. The third kappa shape index (κ3) is 7.78. The summed E-state index contributed by atoms with van der Waals surface area (Å²) in [4.78, 5) is 9.79. The Bertz CT molecular complexity index is 680. The lowest BCUT2D eigenvalue weighted by Gasteiger charge is -2.35. The van der Waals surface area contributed by atoms with Crippen molar-refractivity contribution in [3.63, 3.8) is 0 Å². The molecule has 1 N–H and O–H groups in total. The first kappa shape index (κ1) is 24.0. The number of ether oxygens (including phenoxy) is 2. The van der Waals surface area contributed by atoms with Gasteiger partial charge in [0.15, 0.2) is 5.96 Å². The van der Waals surface area contributed by atoms with E-state index in [1.807, 2.05) is 0 Å². The van der Waals surface area contributed by atoms with Gasteiger partial charge in [-0.1, -0.05) is 24.3 Å². The fourth-order valence-electron chi connectivity index (χ4n) is 4.67. The van der Waals surface area contributed by atoms with E-state index >= 15 is 0 Å². The number of morpholine rings is 1. The molecule has 3 rings (SSSR count). The Labute approximate surface area is 189 Å². The monoisotopic (exact) mass is 430 g/mol. The lowest BCUT2D eigenvalue weighted by Crippen LogP contribution is -2.44. The molecule has 0 amide bonds. The molecule has 1 aromatic carbocycles. The highest BCUT2D eigenvalue weighted by Gasteiger charge is 2.22. The summed E-state index contributed by atoms with van der Waals surface area (Å²) >= 11 is 0. The second-order valence-electron chi connectivity index (χ2n) is 9.16. The Hall–Kier alpha value is -1.63. The summed E-state index contributed by atoms with van der Waals surface area (Å²) in [5.41, 5.74) is 2.68. The number of guanidine groups is 1. The summed E-state index contributed by atoms with van der Waals surface area (Å²) in [6.45, 7) is 13.8. The van der Waals surface area contributed by atoms with Crippen LogP contribution in [0, 0.1) is 5.92 Å². The molecule has 0 aromatic heterocycles. The first-order chi connectivity index (χ1) is 15.0. The van der Waals surface area contributed by atoms with Gasteiger partial charge in [0, 0.05) is 53.0 Å². The van der Waals surface area contributed by atoms with Crippen LogP contribution < -0.4 is 5.32 Å². The predicted octanol–water partition coefficient (Wildman–Crippen LogP) is 3.51. The SMILES string of the molecule is CCNC(=NCc1ccccc1CN1CC(C)OC(C)C1)N(C)CCC1CCOCC1. The molecule has 174 valence electrons. The number of aliphatic imine (C=N–C) groups is 1. The number of nitrogens with zero attached hydrogens (tertiary/aromatic N) is 3. The summed E-state index contributed by atoms with van der Waals surface area (Å²) in [6, 6.07) is 8.73. The van der Waals surface area contributed by atoms with Crippen LogP contribution >= 0.6 is 0 Å². The molecule has 0 aliphatic carbocycles. The molecule has 2 aliphatic heterocycles. The number of nitrogens with one attached hydrogen (secondary N) is 1. The molecule has 0 spiro atoms. The quantitative estimate of drug-likeness (QED) is 0.505. The van der Waals surface area contributed by atoms with E-state index in [0.29, 0.717) is 18.8 Å². The van der Waals surface area contributed by atoms with Crippen molar-refractivity contribution < 1.29 is 9.47 Å². The Morgan fingerprint density at radius 3 is 2.48 bits per heavy atom. The molecule has 0 bridgehead atoms. The molecule has 0 radical (unpaired) electrons. The molecule has 2 fully saturated rings. The summed E-state index contributed by atoms with van der Waals surface area (Å²) in [5, 5.41) is 3.48. The zero-order valence-corrected chi connectivity index (χ0v) is 20.0. The smallest absolute Gasteiger partial charge is 0.193 e. The van der Waals surface area contributed by atoms with Gasteiger partial charge in [0.25, 0.3) is 0 Å². The fourth-order valence-corrected chi connectivity index (χ4v) is 4.67. The van der Waals surface area contributed by atoms with Crippen LogP contribution in [-0.2, 0) is 22.6 Å². The molecule has 2 unspecified atom stereocenters. The van der Waals surface area contributed by atoms with Crippen molar-refractivity contribution in [2.45, 2.75) is 65.3 Å². The number of benzene rings is 1. The average molecular weight is 431 g/mol. The predicted molar refractivity (Wildman–Crippen MR) is 127 cm³/mol. The zero-order valence-electron chi connectivity index (χ0n) is 20.0. The van der Waals surface area contributed by atoms with Crippen molar-refractivity contribution in [1.29, 1.82) is 0 Å². The Morgan fingerprint density at radius 2 is 1.81 bits per heavy atom. The van der Waals surface area contributed by atoms with Crippen molar-refractivity contribution in [2.24, 2.45) is 10.9 Å². The van der Waals surface area contributed by atoms with E-state index in [1.54, 1.807) is 0 Å². The topological polar surface area (TPSA) is 49.3 Å². The molecular weight excluding hydrogens is 388 g/mol. The Morgan fingerprint density at radius 1 is 1.13 bits per heavy atom. The third-order valence-electron chi connectivity index (χ3n) is 6.32. The van der Waals surface area contributed by atoms with Crippen LogP contribution in [0.15, 0.2) is 29.3 Å². The van der Waals surface area contributed by atoms with Crippen molar-refractivity contribution >= 4 is 5.96 Å². The highest BCUT2D eigenvalue weighted by atomic mass is 16.5. The van der Waals surface area contributed by atoms with Crippen LogP contribution in [0.1, 0.15) is 51.2 Å². The minimum Gasteiger partial charge on any atom is -0.381 e. The molecule has 2 atom stereocenters. The summed E-state index contributed by atoms with van der Waals surface area (Å²) in [6.07, 6.45) is 4.16. The average Bonchev–Trinajstić information content (AvgIpc) is 2.76. The van der Waals surface area contributed by atoms with Gasteiger partial charge in [0.05, 0.1) is 18.8 Å². The maximum atomic E-state index is 5.90. The van der Waals surface area contributed by atoms with E-state index in [0.717, 1.165) is 57.8 Å². The molecule has 31 heavy (non-hydrogen) atoms. The van der Waals surface area contributed by atoms with Gasteiger partial charge in [-0.15, -0.1) is 0 Å². The van der Waals surface area contributed by atoms with E-state index in [9.17, 15) is 0 Å². The largest absolute Gasteiger partial charge is 0.381 e. The van der Waals surface area contributed by atoms with Crippen LogP contribution in [0.2, 0.25) is 0 Å². The maximum absolute atomic E-state index is 5.90. The van der Waals surface area contributed by atoms with Crippen molar-refractivity contribution in [3.05, 3.63) is 35.4 Å². The van der Waals surface area contributed by atoms with Gasteiger partial charge in [-0.05, 0) is 57.1 Å². The van der Waals surface area contributed by atoms with E-state index in [2.05, 4.69) is 67.2 Å². The van der Waals surface area contributed by atoms with Crippen molar-refractivity contribution in [2.75, 3.05) is 46.4 Å². The highest BCUT2D eigenvalue weighted by Crippen LogP contribution is 2.19. The van der Waals surface area contributed by atoms with Gasteiger partial charge < -0.3 is 19.7 Å². The van der Waals surface area contributed by atoms with E-state index in [1.165, 1.54) is 30.4 Å². The normalized spacial score (nSPS) is 23.7. The summed E-state index contributed by atoms with van der Waals surface area (Å²) < 4.78 is 11.4. The van der Waals surface area contributed by atoms with Gasteiger partial charge >= 0.3 is 0 Å². The van der Waals surface area contributed by atoms with Crippen LogP contribution in [0.25, 0.3) is 0 Å². The molecular formula is C25H42N4O2. The first-order valence-electron chi connectivity index (χ1n) is 12.1. The molecule has 0 saturated carbocycles. The molecule has 2 heterocycles. The van der Waals surface area contributed by atoms with E-state index in [-0.39, 0.29) is 0 Å². The van der Waals surface area contributed by atoms with Gasteiger partial charge in [-0.25, -0.2) is 4.99 Å². The fraction of sp³-hybridized carbons (Fsp3) is 0.720. The minimum absolute atomic E-state index is 0.290. The Balaban J connectivity index is 1.60.